The molecule has 2 aromatic rings. The van der Waals surface area contributed by atoms with Gasteiger partial charge >= 0.3 is 0 Å². The molecule has 0 radical (unpaired) electrons. The summed E-state index contributed by atoms with van der Waals surface area (Å²) < 4.78 is 6.35. The van der Waals surface area contributed by atoms with E-state index in [1.165, 1.54) is 2.88 Å². The van der Waals surface area contributed by atoms with Crippen LogP contribution in [0.5, 0.6) is 0 Å². The molecule has 0 aliphatic heterocycles. The van der Waals surface area contributed by atoms with Gasteiger partial charge in [0.1, 0.15) is 0 Å². The second-order valence-corrected chi connectivity index (χ2v) is 5.92. The van der Waals surface area contributed by atoms with Crippen LogP contribution in [0.3, 0.4) is 0 Å². The van der Waals surface area contributed by atoms with Crippen LogP contribution in [0.15, 0.2) is 16.0 Å². The molecule has 0 amide bonds. The van der Waals surface area contributed by atoms with Gasteiger partial charge < -0.3 is 10.3 Å². The average Bonchev–Trinajstić information content (AvgIpc) is 2.84. The van der Waals surface area contributed by atoms with E-state index < -0.39 is 0 Å². The van der Waals surface area contributed by atoms with Crippen molar-refractivity contribution in [2.45, 2.75) is 19.4 Å². The van der Waals surface area contributed by atoms with Gasteiger partial charge in [-0.05, 0) is 35.1 Å². The predicted molar refractivity (Wildman–Crippen MR) is 67.5 cm³/mol. The Hall–Kier alpha value is -0.470. The SMILES string of the molecule is CCC(N)c1noc(-c2csc(I)c2)n1. The van der Waals surface area contributed by atoms with Crippen molar-refractivity contribution in [2.24, 2.45) is 5.73 Å². The molecule has 0 bridgehead atoms. The van der Waals surface area contributed by atoms with Crippen molar-refractivity contribution in [3.05, 3.63) is 20.2 Å². The summed E-state index contributed by atoms with van der Waals surface area (Å²) in [5.41, 5.74) is 6.77. The second kappa shape index (κ2) is 4.58. The summed E-state index contributed by atoms with van der Waals surface area (Å²) in [4.78, 5) is 4.27. The summed E-state index contributed by atoms with van der Waals surface area (Å²) in [6.07, 6.45) is 0.806. The summed E-state index contributed by atoms with van der Waals surface area (Å²) in [6.45, 7) is 1.99. The van der Waals surface area contributed by atoms with Crippen molar-refractivity contribution in [1.29, 1.82) is 0 Å². The van der Waals surface area contributed by atoms with Crippen LogP contribution in [0, 0.1) is 2.88 Å². The molecule has 80 valence electrons. The van der Waals surface area contributed by atoms with E-state index in [9.17, 15) is 0 Å². The first kappa shape index (κ1) is 11.0. The van der Waals surface area contributed by atoms with Gasteiger partial charge in [0.05, 0.1) is 14.5 Å². The zero-order chi connectivity index (χ0) is 10.8. The predicted octanol–water partition coefficient (Wildman–Crippen LogP) is 2.81. The first-order valence-electron chi connectivity index (χ1n) is 4.54. The van der Waals surface area contributed by atoms with Crippen LogP contribution in [-0.2, 0) is 0 Å². The van der Waals surface area contributed by atoms with E-state index in [0.29, 0.717) is 11.7 Å². The zero-order valence-corrected chi connectivity index (χ0v) is 11.1. The number of nitrogens with zero attached hydrogens (tertiary/aromatic N) is 2. The van der Waals surface area contributed by atoms with Crippen molar-refractivity contribution in [3.8, 4) is 11.5 Å². The minimum atomic E-state index is -0.139. The number of nitrogens with two attached hydrogens (primary N) is 1. The highest BCUT2D eigenvalue weighted by atomic mass is 127. The van der Waals surface area contributed by atoms with E-state index in [1.807, 2.05) is 18.4 Å². The Bertz CT molecular complexity index is 454. The summed E-state index contributed by atoms with van der Waals surface area (Å²) in [5, 5.41) is 5.86. The van der Waals surface area contributed by atoms with Crippen LogP contribution in [0.2, 0.25) is 0 Å². The molecule has 0 saturated heterocycles. The molecule has 1 unspecified atom stereocenters. The van der Waals surface area contributed by atoms with Crippen LogP contribution >= 0.6 is 33.9 Å². The third-order valence-corrected chi connectivity index (χ3v) is 3.82. The first-order chi connectivity index (χ1) is 7.20. The van der Waals surface area contributed by atoms with Gasteiger partial charge in [-0.3, -0.25) is 0 Å². The molecule has 0 spiro atoms. The Kier molecular flexibility index (Phi) is 3.37. The van der Waals surface area contributed by atoms with Gasteiger partial charge in [0, 0.05) is 5.38 Å². The number of halogens is 1. The molecular weight excluding hydrogens is 325 g/mol. The van der Waals surface area contributed by atoms with Crippen molar-refractivity contribution >= 4 is 33.9 Å². The highest BCUT2D eigenvalue weighted by Gasteiger charge is 2.14. The minimum absolute atomic E-state index is 0.139. The van der Waals surface area contributed by atoms with Crippen LogP contribution in [0.4, 0.5) is 0 Å². The molecule has 0 saturated carbocycles. The van der Waals surface area contributed by atoms with Crippen molar-refractivity contribution < 1.29 is 4.52 Å². The fraction of sp³-hybridized carbons (Fsp3) is 0.333. The van der Waals surface area contributed by atoms with Crippen LogP contribution in [0.1, 0.15) is 25.2 Å². The molecule has 2 heterocycles. The maximum atomic E-state index is 5.81. The molecule has 0 aliphatic rings. The summed E-state index contributed by atoms with van der Waals surface area (Å²) in [7, 11) is 0. The van der Waals surface area contributed by atoms with Crippen molar-refractivity contribution in [3.63, 3.8) is 0 Å². The van der Waals surface area contributed by atoms with Crippen LogP contribution < -0.4 is 5.73 Å². The lowest BCUT2D eigenvalue weighted by atomic mass is 10.2. The first-order valence-corrected chi connectivity index (χ1v) is 6.50. The number of rotatable bonds is 3. The Labute approximate surface area is 105 Å². The molecule has 2 aromatic heterocycles. The lowest BCUT2D eigenvalue weighted by Crippen LogP contribution is -2.10. The second-order valence-electron chi connectivity index (χ2n) is 3.11. The lowest BCUT2D eigenvalue weighted by molar-refractivity contribution is 0.415. The molecule has 0 aliphatic carbocycles. The maximum Gasteiger partial charge on any atom is 0.258 e. The van der Waals surface area contributed by atoms with Crippen LogP contribution in [-0.4, -0.2) is 10.1 Å². The third-order valence-electron chi connectivity index (χ3n) is 2.03. The normalized spacial score (nSPS) is 13.0. The van der Waals surface area contributed by atoms with Crippen molar-refractivity contribution in [1.82, 2.24) is 10.1 Å². The molecule has 4 nitrogen and oxygen atoms in total. The zero-order valence-electron chi connectivity index (χ0n) is 8.11. The highest BCUT2D eigenvalue weighted by Crippen LogP contribution is 2.26. The fourth-order valence-corrected chi connectivity index (χ4v) is 2.43. The molecule has 1 atom stereocenters. The summed E-state index contributed by atoms with van der Waals surface area (Å²) in [5.74, 6) is 1.13. The van der Waals surface area contributed by atoms with E-state index >= 15 is 0 Å². The molecule has 0 fully saturated rings. The Morgan fingerprint density at radius 3 is 3.07 bits per heavy atom. The summed E-state index contributed by atoms with van der Waals surface area (Å²) >= 11 is 3.91. The van der Waals surface area contributed by atoms with Crippen molar-refractivity contribution in [2.75, 3.05) is 0 Å². The lowest BCUT2D eigenvalue weighted by Gasteiger charge is -1.99. The molecular formula is C9H10IN3OS. The molecule has 2 N–H and O–H groups in total. The van der Waals surface area contributed by atoms with E-state index in [0.717, 1.165) is 12.0 Å². The maximum absolute atomic E-state index is 5.81. The van der Waals surface area contributed by atoms with Gasteiger partial charge in [0.2, 0.25) is 0 Å². The number of hydrogen-bond donors (Lipinski definition) is 1. The third kappa shape index (κ3) is 2.37. The van der Waals surface area contributed by atoms with E-state index in [2.05, 4.69) is 32.7 Å². The Balaban J connectivity index is 2.27. The number of aromatic nitrogens is 2. The molecule has 0 aromatic carbocycles. The topological polar surface area (TPSA) is 64.9 Å². The smallest absolute Gasteiger partial charge is 0.258 e. The van der Waals surface area contributed by atoms with Gasteiger partial charge in [-0.25, -0.2) is 0 Å². The molecule has 6 heteroatoms. The number of thiophene rings is 1. The quantitative estimate of drug-likeness (QED) is 0.876. The Morgan fingerprint density at radius 2 is 2.47 bits per heavy atom. The van der Waals surface area contributed by atoms with E-state index in [1.54, 1.807) is 11.3 Å². The summed E-state index contributed by atoms with van der Waals surface area (Å²) in [6, 6.07) is 1.88. The van der Waals surface area contributed by atoms with E-state index in [4.69, 9.17) is 10.3 Å². The standard InChI is InChI=1S/C9H10IN3OS/c1-2-6(11)8-12-9(14-13-8)5-3-7(10)15-4-5/h3-4,6H,2,11H2,1H3. The van der Waals surface area contributed by atoms with Crippen LogP contribution in [0.25, 0.3) is 11.5 Å². The van der Waals surface area contributed by atoms with Gasteiger partial charge in [0.15, 0.2) is 5.82 Å². The monoisotopic (exact) mass is 335 g/mol. The fourth-order valence-electron chi connectivity index (χ4n) is 1.11. The molecule has 15 heavy (non-hydrogen) atoms. The minimum Gasteiger partial charge on any atom is -0.334 e. The van der Waals surface area contributed by atoms with Gasteiger partial charge in [-0.15, -0.1) is 11.3 Å². The van der Waals surface area contributed by atoms with Gasteiger partial charge in [0.25, 0.3) is 5.89 Å². The number of hydrogen-bond acceptors (Lipinski definition) is 5. The highest BCUT2D eigenvalue weighted by molar-refractivity contribution is 14.1. The molecule has 2 rings (SSSR count). The largest absolute Gasteiger partial charge is 0.334 e. The van der Waals surface area contributed by atoms with Gasteiger partial charge in [-0.1, -0.05) is 12.1 Å². The van der Waals surface area contributed by atoms with E-state index in [-0.39, 0.29) is 6.04 Å². The Morgan fingerprint density at radius 1 is 1.67 bits per heavy atom. The average molecular weight is 335 g/mol. The van der Waals surface area contributed by atoms with Gasteiger partial charge in [-0.2, -0.15) is 4.98 Å².